The first kappa shape index (κ1) is 16.2. The molecule has 4 nitrogen and oxygen atoms in total. The molecule has 4 aromatic rings. The summed E-state index contributed by atoms with van der Waals surface area (Å²) in [6, 6.07) is 19.0. The minimum Gasteiger partial charge on any atom is -0.497 e. The van der Waals surface area contributed by atoms with Gasteiger partial charge in [0, 0.05) is 16.8 Å². The maximum absolute atomic E-state index is 12.2. The molecule has 0 aliphatic heterocycles. The van der Waals surface area contributed by atoms with Gasteiger partial charge in [0.2, 0.25) is 0 Å². The zero-order chi connectivity index (χ0) is 18.1. The van der Waals surface area contributed by atoms with Crippen LogP contribution in [0.5, 0.6) is 11.5 Å². The summed E-state index contributed by atoms with van der Waals surface area (Å²) in [7, 11) is 1.64. The molecule has 0 unspecified atom stereocenters. The van der Waals surface area contributed by atoms with E-state index in [4.69, 9.17) is 13.9 Å². The molecule has 0 saturated carbocycles. The summed E-state index contributed by atoms with van der Waals surface area (Å²) in [4.78, 5) is 12.2. The highest BCUT2D eigenvalue weighted by atomic mass is 16.5. The van der Waals surface area contributed by atoms with Crippen molar-refractivity contribution in [1.82, 2.24) is 0 Å². The van der Waals surface area contributed by atoms with E-state index >= 15 is 0 Å². The average molecular weight is 346 g/mol. The van der Waals surface area contributed by atoms with Crippen LogP contribution < -0.4 is 15.1 Å². The van der Waals surface area contributed by atoms with Crippen molar-refractivity contribution in [2.24, 2.45) is 0 Å². The second kappa shape index (κ2) is 6.56. The van der Waals surface area contributed by atoms with Gasteiger partial charge in [-0.3, -0.25) is 0 Å². The lowest BCUT2D eigenvalue weighted by Crippen LogP contribution is -2.01. The quantitative estimate of drug-likeness (QED) is 0.392. The summed E-state index contributed by atoms with van der Waals surface area (Å²) in [6.45, 7) is 2.40. The summed E-state index contributed by atoms with van der Waals surface area (Å²) in [5.74, 6) is 1.45. The van der Waals surface area contributed by atoms with E-state index in [-0.39, 0.29) is 5.63 Å². The summed E-state index contributed by atoms with van der Waals surface area (Å²) < 4.78 is 16.7. The second-order valence-electron chi connectivity index (χ2n) is 6.19. The van der Waals surface area contributed by atoms with Crippen LogP contribution in [-0.2, 0) is 6.61 Å². The first-order valence-corrected chi connectivity index (χ1v) is 8.37. The smallest absolute Gasteiger partial charge is 0.344 e. The fraction of sp³-hybridized carbons (Fsp3) is 0.136. The van der Waals surface area contributed by atoms with Crippen LogP contribution in [0, 0.1) is 6.92 Å². The van der Waals surface area contributed by atoms with E-state index in [1.165, 1.54) is 0 Å². The lowest BCUT2D eigenvalue weighted by atomic mass is 10.0. The molecule has 0 saturated heterocycles. The van der Waals surface area contributed by atoms with Crippen LogP contribution in [0.25, 0.3) is 21.7 Å². The van der Waals surface area contributed by atoms with Crippen LogP contribution in [-0.4, -0.2) is 7.11 Å². The van der Waals surface area contributed by atoms with Crippen molar-refractivity contribution >= 4 is 21.7 Å². The lowest BCUT2D eigenvalue weighted by molar-refractivity contribution is 0.305. The van der Waals surface area contributed by atoms with Crippen molar-refractivity contribution in [2.45, 2.75) is 13.5 Å². The SMILES string of the molecule is COc1cccc(COc2cc(C)c3c(c2)oc(=O)c2ccccc23)c1. The first-order chi connectivity index (χ1) is 12.7. The van der Waals surface area contributed by atoms with Crippen LogP contribution in [0.1, 0.15) is 11.1 Å². The average Bonchev–Trinajstić information content (AvgIpc) is 2.66. The molecule has 4 heteroatoms. The Bertz CT molecular complexity index is 1160. The standard InChI is InChI=1S/C22H18O4/c1-14-10-17(25-13-15-6-5-7-16(11-15)24-2)12-20-21(14)18-8-3-4-9-19(18)22(23)26-20/h3-12H,13H2,1-2H3. The summed E-state index contributed by atoms with van der Waals surface area (Å²) in [6.07, 6.45) is 0. The molecule has 26 heavy (non-hydrogen) atoms. The molecule has 0 spiro atoms. The maximum Gasteiger partial charge on any atom is 0.344 e. The highest BCUT2D eigenvalue weighted by Crippen LogP contribution is 2.30. The van der Waals surface area contributed by atoms with Gasteiger partial charge in [-0.25, -0.2) is 4.79 Å². The van der Waals surface area contributed by atoms with E-state index in [1.807, 2.05) is 55.5 Å². The van der Waals surface area contributed by atoms with Gasteiger partial charge in [0.25, 0.3) is 0 Å². The number of fused-ring (bicyclic) bond motifs is 3. The third kappa shape index (κ3) is 2.90. The van der Waals surface area contributed by atoms with Crippen LogP contribution in [0.4, 0.5) is 0 Å². The molecule has 0 N–H and O–H groups in total. The van der Waals surface area contributed by atoms with Gasteiger partial charge in [-0.2, -0.15) is 0 Å². The van der Waals surface area contributed by atoms with E-state index in [1.54, 1.807) is 19.2 Å². The predicted molar refractivity (Wildman–Crippen MR) is 102 cm³/mol. The number of aryl methyl sites for hydroxylation is 1. The van der Waals surface area contributed by atoms with Gasteiger partial charge < -0.3 is 13.9 Å². The number of hydrogen-bond donors (Lipinski definition) is 0. The molecule has 3 aromatic carbocycles. The fourth-order valence-corrected chi connectivity index (χ4v) is 3.19. The highest BCUT2D eigenvalue weighted by molar-refractivity contribution is 6.06. The van der Waals surface area contributed by atoms with E-state index in [0.717, 1.165) is 27.6 Å². The van der Waals surface area contributed by atoms with Gasteiger partial charge in [0.05, 0.1) is 12.5 Å². The molecule has 0 radical (unpaired) electrons. The van der Waals surface area contributed by atoms with Crippen molar-refractivity contribution in [2.75, 3.05) is 7.11 Å². The third-order valence-electron chi connectivity index (χ3n) is 4.43. The monoisotopic (exact) mass is 346 g/mol. The van der Waals surface area contributed by atoms with Gasteiger partial charge in [-0.15, -0.1) is 0 Å². The van der Waals surface area contributed by atoms with Gasteiger partial charge in [0.1, 0.15) is 23.7 Å². The Labute approximate surface area is 150 Å². The molecule has 0 aliphatic carbocycles. The Balaban J connectivity index is 1.73. The van der Waals surface area contributed by atoms with Crippen molar-refractivity contribution < 1.29 is 13.9 Å². The Hall–Kier alpha value is -3.27. The fourth-order valence-electron chi connectivity index (χ4n) is 3.19. The van der Waals surface area contributed by atoms with Crippen LogP contribution in [0.15, 0.2) is 69.9 Å². The van der Waals surface area contributed by atoms with E-state index in [0.29, 0.717) is 23.3 Å². The summed E-state index contributed by atoms with van der Waals surface area (Å²) in [5.41, 5.74) is 2.21. The van der Waals surface area contributed by atoms with Crippen molar-refractivity contribution in [1.29, 1.82) is 0 Å². The van der Waals surface area contributed by atoms with Crippen molar-refractivity contribution in [3.8, 4) is 11.5 Å². The van der Waals surface area contributed by atoms with Crippen molar-refractivity contribution in [3.63, 3.8) is 0 Å². The highest BCUT2D eigenvalue weighted by Gasteiger charge is 2.11. The molecule has 130 valence electrons. The Morgan fingerprint density at radius 2 is 1.73 bits per heavy atom. The number of benzene rings is 3. The third-order valence-corrected chi connectivity index (χ3v) is 4.43. The normalized spacial score (nSPS) is 11.0. The largest absolute Gasteiger partial charge is 0.497 e. The second-order valence-corrected chi connectivity index (χ2v) is 6.19. The molecule has 4 rings (SSSR count). The molecule has 1 heterocycles. The molecule has 0 fully saturated rings. The topological polar surface area (TPSA) is 48.7 Å². The van der Waals surface area contributed by atoms with E-state index in [9.17, 15) is 4.79 Å². The summed E-state index contributed by atoms with van der Waals surface area (Å²) >= 11 is 0. The van der Waals surface area contributed by atoms with Crippen LogP contribution in [0.2, 0.25) is 0 Å². The van der Waals surface area contributed by atoms with Gasteiger partial charge >= 0.3 is 5.63 Å². The van der Waals surface area contributed by atoms with Gasteiger partial charge in [-0.05, 0) is 42.3 Å². The maximum atomic E-state index is 12.2. The molecular weight excluding hydrogens is 328 g/mol. The Morgan fingerprint density at radius 1 is 0.923 bits per heavy atom. The van der Waals surface area contributed by atoms with Crippen LogP contribution in [0.3, 0.4) is 0 Å². The minimum atomic E-state index is -0.336. The zero-order valence-corrected chi connectivity index (χ0v) is 14.6. The zero-order valence-electron chi connectivity index (χ0n) is 14.6. The predicted octanol–water partition coefficient (Wildman–Crippen LogP) is 4.84. The van der Waals surface area contributed by atoms with Crippen LogP contribution >= 0.6 is 0 Å². The molecule has 0 amide bonds. The van der Waals surface area contributed by atoms with Gasteiger partial charge in [-0.1, -0.05) is 30.3 Å². The number of ether oxygens (including phenoxy) is 2. The molecular formula is C22H18O4. The van der Waals surface area contributed by atoms with E-state index in [2.05, 4.69) is 0 Å². The summed E-state index contributed by atoms with van der Waals surface area (Å²) in [5, 5.41) is 2.43. The number of methoxy groups -OCH3 is 1. The number of rotatable bonds is 4. The Morgan fingerprint density at radius 3 is 2.54 bits per heavy atom. The molecule has 0 aliphatic rings. The van der Waals surface area contributed by atoms with E-state index < -0.39 is 0 Å². The van der Waals surface area contributed by atoms with Crippen molar-refractivity contribution in [3.05, 3.63) is 82.2 Å². The Kier molecular flexibility index (Phi) is 4.09. The molecule has 1 aromatic heterocycles. The lowest BCUT2D eigenvalue weighted by Gasteiger charge is -2.11. The van der Waals surface area contributed by atoms with Gasteiger partial charge in [0.15, 0.2) is 0 Å². The minimum absolute atomic E-state index is 0.336. The molecule has 0 bridgehead atoms. The first-order valence-electron chi connectivity index (χ1n) is 8.37. The number of hydrogen-bond acceptors (Lipinski definition) is 4. The molecule has 0 atom stereocenters.